The van der Waals surface area contributed by atoms with Crippen LogP contribution in [0.5, 0.6) is 0 Å². The monoisotopic (exact) mass is 309 g/mol. The van der Waals surface area contributed by atoms with Crippen molar-refractivity contribution in [3.63, 3.8) is 0 Å². The smallest absolute Gasteiger partial charge is 0.230 e. The summed E-state index contributed by atoms with van der Waals surface area (Å²) in [5, 5.41) is 12.4. The highest BCUT2D eigenvalue weighted by atomic mass is 16.3. The molecule has 0 aliphatic heterocycles. The summed E-state index contributed by atoms with van der Waals surface area (Å²) in [5.41, 5.74) is 1.93. The van der Waals surface area contributed by atoms with E-state index in [-0.39, 0.29) is 23.8 Å². The van der Waals surface area contributed by atoms with Crippen LogP contribution in [-0.4, -0.2) is 24.2 Å². The number of carbonyl (C=O) groups excluding carboxylic acids is 1. The molecule has 3 heteroatoms. The lowest BCUT2D eigenvalue weighted by Crippen LogP contribution is -2.37. The van der Waals surface area contributed by atoms with E-state index in [1.165, 1.54) is 0 Å². The van der Waals surface area contributed by atoms with Gasteiger partial charge in [0.1, 0.15) is 0 Å². The number of aliphatic hydroxyl groups excluding tert-OH is 1. The molecule has 1 saturated carbocycles. The minimum atomic E-state index is -0.332. The average Bonchev–Trinajstić information content (AvgIpc) is 3.42. The quantitative estimate of drug-likeness (QED) is 0.826. The summed E-state index contributed by atoms with van der Waals surface area (Å²) in [5.74, 6) is 0.263. The molecule has 0 heterocycles. The van der Waals surface area contributed by atoms with Gasteiger partial charge in [-0.15, -0.1) is 0 Å². The first-order valence-electron chi connectivity index (χ1n) is 8.26. The summed E-state index contributed by atoms with van der Waals surface area (Å²) < 4.78 is 0. The molecule has 1 unspecified atom stereocenters. The Balaban J connectivity index is 1.66. The summed E-state index contributed by atoms with van der Waals surface area (Å²) in [6.07, 6.45) is 2.49. The molecule has 0 bridgehead atoms. The fourth-order valence-electron chi connectivity index (χ4n) is 3.18. The SMILES string of the molecule is O=C(NCC(CCO)c1ccccc1)C1(c2ccccc2)CC1. The van der Waals surface area contributed by atoms with Gasteiger partial charge in [0, 0.05) is 19.1 Å². The van der Waals surface area contributed by atoms with Gasteiger partial charge in [0.05, 0.1) is 5.41 Å². The Bertz CT molecular complexity index is 635. The third-order valence-electron chi connectivity index (χ3n) is 4.77. The van der Waals surface area contributed by atoms with Gasteiger partial charge in [-0.05, 0) is 30.4 Å². The number of aliphatic hydroxyl groups is 1. The first-order chi connectivity index (χ1) is 11.3. The Morgan fingerprint density at radius 3 is 2.22 bits per heavy atom. The normalized spacial score (nSPS) is 16.6. The van der Waals surface area contributed by atoms with E-state index in [2.05, 4.69) is 17.4 Å². The maximum atomic E-state index is 12.7. The van der Waals surface area contributed by atoms with Crippen LogP contribution in [0.4, 0.5) is 0 Å². The first-order valence-corrected chi connectivity index (χ1v) is 8.26. The summed E-state index contributed by atoms with van der Waals surface area (Å²) in [6.45, 7) is 0.692. The molecule has 1 aliphatic rings. The Morgan fingerprint density at radius 1 is 1.04 bits per heavy atom. The first kappa shape index (κ1) is 15.8. The predicted octanol–water partition coefficient (Wildman–Crippen LogP) is 3.00. The molecule has 3 rings (SSSR count). The van der Waals surface area contributed by atoms with Crippen LogP contribution in [0.15, 0.2) is 60.7 Å². The molecule has 0 aromatic heterocycles. The van der Waals surface area contributed by atoms with Crippen molar-refractivity contribution < 1.29 is 9.90 Å². The molecule has 0 spiro atoms. The van der Waals surface area contributed by atoms with Gasteiger partial charge < -0.3 is 10.4 Å². The van der Waals surface area contributed by atoms with Gasteiger partial charge in [-0.1, -0.05) is 60.7 Å². The van der Waals surface area contributed by atoms with Gasteiger partial charge in [-0.2, -0.15) is 0 Å². The van der Waals surface area contributed by atoms with Crippen LogP contribution in [0.2, 0.25) is 0 Å². The summed E-state index contributed by atoms with van der Waals surface area (Å²) in [7, 11) is 0. The van der Waals surface area contributed by atoms with Crippen LogP contribution in [0.25, 0.3) is 0 Å². The number of hydrogen-bond acceptors (Lipinski definition) is 2. The van der Waals surface area contributed by atoms with Crippen molar-refractivity contribution in [3.05, 3.63) is 71.8 Å². The van der Waals surface area contributed by atoms with Crippen molar-refractivity contribution in [2.75, 3.05) is 13.2 Å². The highest BCUT2D eigenvalue weighted by molar-refractivity contribution is 5.91. The van der Waals surface area contributed by atoms with Crippen LogP contribution in [0.3, 0.4) is 0 Å². The van der Waals surface area contributed by atoms with E-state index in [1.807, 2.05) is 48.5 Å². The predicted molar refractivity (Wildman–Crippen MR) is 91.2 cm³/mol. The zero-order valence-electron chi connectivity index (χ0n) is 13.2. The zero-order chi connectivity index (χ0) is 16.1. The number of carbonyl (C=O) groups is 1. The van der Waals surface area contributed by atoms with Crippen LogP contribution < -0.4 is 5.32 Å². The van der Waals surface area contributed by atoms with Crippen molar-refractivity contribution in [1.82, 2.24) is 5.32 Å². The molecule has 1 aliphatic carbocycles. The Hall–Kier alpha value is -2.13. The molecule has 1 amide bonds. The number of amides is 1. The zero-order valence-corrected chi connectivity index (χ0v) is 13.2. The molecular weight excluding hydrogens is 286 g/mol. The van der Waals surface area contributed by atoms with Gasteiger partial charge in [0.2, 0.25) is 5.91 Å². The van der Waals surface area contributed by atoms with E-state index in [0.717, 1.165) is 24.0 Å². The molecule has 23 heavy (non-hydrogen) atoms. The summed E-state index contributed by atoms with van der Waals surface area (Å²) in [4.78, 5) is 12.7. The van der Waals surface area contributed by atoms with Crippen molar-refractivity contribution in [1.29, 1.82) is 0 Å². The molecule has 1 fully saturated rings. The number of rotatable bonds is 7. The Morgan fingerprint density at radius 2 is 1.65 bits per heavy atom. The molecule has 120 valence electrons. The summed E-state index contributed by atoms with van der Waals surface area (Å²) >= 11 is 0. The summed E-state index contributed by atoms with van der Waals surface area (Å²) in [6, 6.07) is 20.1. The lowest BCUT2D eigenvalue weighted by Gasteiger charge is -2.20. The third kappa shape index (κ3) is 3.45. The molecule has 2 aromatic carbocycles. The number of nitrogens with one attached hydrogen (secondary N) is 1. The van der Waals surface area contributed by atoms with E-state index < -0.39 is 0 Å². The lowest BCUT2D eigenvalue weighted by atomic mass is 9.93. The second kappa shape index (κ2) is 6.97. The molecule has 0 radical (unpaired) electrons. The van der Waals surface area contributed by atoms with Crippen LogP contribution in [0, 0.1) is 0 Å². The van der Waals surface area contributed by atoms with Crippen molar-refractivity contribution in [2.24, 2.45) is 0 Å². The molecule has 3 nitrogen and oxygen atoms in total. The molecule has 1 atom stereocenters. The van der Waals surface area contributed by atoms with Gasteiger partial charge in [0.25, 0.3) is 0 Å². The average molecular weight is 309 g/mol. The topological polar surface area (TPSA) is 49.3 Å². The largest absolute Gasteiger partial charge is 0.396 e. The Labute approximate surface area is 137 Å². The van der Waals surface area contributed by atoms with Crippen LogP contribution >= 0.6 is 0 Å². The van der Waals surface area contributed by atoms with Crippen molar-refractivity contribution in [2.45, 2.75) is 30.6 Å². The van der Waals surface area contributed by atoms with Gasteiger partial charge in [-0.25, -0.2) is 0 Å². The van der Waals surface area contributed by atoms with Crippen LogP contribution in [-0.2, 0) is 10.2 Å². The number of benzene rings is 2. The lowest BCUT2D eigenvalue weighted by molar-refractivity contribution is -0.123. The fraction of sp³-hybridized carbons (Fsp3) is 0.350. The second-order valence-corrected chi connectivity index (χ2v) is 6.28. The van der Waals surface area contributed by atoms with E-state index in [0.29, 0.717) is 13.0 Å². The molecular formula is C20H23NO2. The van der Waals surface area contributed by atoms with Gasteiger partial charge in [0.15, 0.2) is 0 Å². The minimum absolute atomic E-state index is 0.113. The maximum Gasteiger partial charge on any atom is 0.230 e. The van der Waals surface area contributed by atoms with Crippen LogP contribution in [0.1, 0.15) is 36.3 Å². The van der Waals surface area contributed by atoms with E-state index >= 15 is 0 Å². The molecule has 2 N–H and O–H groups in total. The molecule has 2 aromatic rings. The highest BCUT2D eigenvalue weighted by Gasteiger charge is 2.51. The van der Waals surface area contributed by atoms with E-state index in [4.69, 9.17) is 0 Å². The van der Waals surface area contributed by atoms with E-state index in [9.17, 15) is 9.90 Å². The van der Waals surface area contributed by atoms with Gasteiger partial charge in [-0.3, -0.25) is 4.79 Å². The standard InChI is InChI=1S/C20H23NO2/c22-14-11-17(16-7-3-1-4-8-16)15-21-19(23)20(12-13-20)18-9-5-2-6-10-18/h1-10,17,22H,11-15H2,(H,21,23). The fourth-order valence-corrected chi connectivity index (χ4v) is 3.18. The second-order valence-electron chi connectivity index (χ2n) is 6.28. The number of hydrogen-bond donors (Lipinski definition) is 2. The van der Waals surface area contributed by atoms with Crippen molar-refractivity contribution in [3.8, 4) is 0 Å². The highest BCUT2D eigenvalue weighted by Crippen LogP contribution is 2.48. The van der Waals surface area contributed by atoms with Crippen molar-refractivity contribution >= 4 is 5.91 Å². The molecule has 0 saturated heterocycles. The maximum absolute atomic E-state index is 12.7. The Kier molecular flexibility index (Phi) is 4.77. The van der Waals surface area contributed by atoms with Gasteiger partial charge >= 0.3 is 0 Å². The third-order valence-corrected chi connectivity index (χ3v) is 4.77. The van der Waals surface area contributed by atoms with E-state index in [1.54, 1.807) is 0 Å². The minimum Gasteiger partial charge on any atom is -0.396 e.